The van der Waals surface area contributed by atoms with E-state index < -0.39 is 0 Å². The molecule has 0 aliphatic heterocycles. The number of fused-ring (bicyclic) bond motifs is 2. The molecule has 0 saturated heterocycles. The molecule has 3 nitrogen and oxygen atoms in total. The summed E-state index contributed by atoms with van der Waals surface area (Å²) in [6.07, 6.45) is 26.1. The molecule has 1 saturated carbocycles. The number of rotatable bonds is 8. The fourth-order valence-electron chi connectivity index (χ4n) is 5.02. The molecule has 0 aromatic carbocycles. The van der Waals surface area contributed by atoms with Crippen LogP contribution in [-0.2, 0) is 9.53 Å². The first kappa shape index (κ1) is 21.1. The predicted octanol–water partition coefficient (Wildman–Crippen LogP) is 5.27. The van der Waals surface area contributed by atoms with Crippen LogP contribution >= 0.6 is 0 Å². The Labute approximate surface area is 190 Å². The van der Waals surface area contributed by atoms with Gasteiger partial charge in [-0.3, -0.25) is 4.79 Å². The average Bonchev–Trinajstić information content (AvgIpc) is 3.18. The van der Waals surface area contributed by atoms with E-state index in [0.29, 0.717) is 18.9 Å². The van der Waals surface area contributed by atoms with E-state index in [1.165, 1.54) is 16.7 Å². The van der Waals surface area contributed by atoms with Crippen LogP contribution in [0.3, 0.4) is 0 Å². The van der Waals surface area contributed by atoms with E-state index in [1.54, 1.807) is 0 Å². The van der Waals surface area contributed by atoms with Gasteiger partial charge < -0.3 is 9.84 Å². The summed E-state index contributed by atoms with van der Waals surface area (Å²) < 4.78 is 5.85. The minimum atomic E-state index is -0.123. The SMILES string of the molecule is C=C1C=C(C(=O)CCC2=CC3C=C(COCC4CC(O)C4)C=CC3=C2)C=C2C=CC=CC12. The van der Waals surface area contributed by atoms with E-state index in [2.05, 4.69) is 49.1 Å². The average molecular weight is 427 g/mol. The lowest BCUT2D eigenvalue weighted by molar-refractivity contribution is -0.115. The zero-order chi connectivity index (χ0) is 22.1. The molecule has 0 amide bonds. The highest BCUT2D eigenvalue weighted by molar-refractivity contribution is 5.99. The number of aliphatic hydroxyl groups excluding tert-OH is 1. The molecule has 2 atom stereocenters. The Balaban J connectivity index is 1.14. The number of carbonyl (C=O) groups excluding carboxylic acids is 1. The van der Waals surface area contributed by atoms with Crippen LogP contribution in [0.15, 0.2) is 107 Å². The van der Waals surface area contributed by atoms with E-state index in [1.807, 2.05) is 24.3 Å². The lowest BCUT2D eigenvalue weighted by Gasteiger charge is -2.31. The molecule has 0 aromatic rings. The van der Waals surface area contributed by atoms with Gasteiger partial charge in [-0.2, -0.15) is 0 Å². The maximum atomic E-state index is 12.9. The molecule has 0 bridgehead atoms. The van der Waals surface area contributed by atoms with Gasteiger partial charge in [0.15, 0.2) is 5.78 Å². The van der Waals surface area contributed by atoms with Gasteiger partial charge in [0.25, 0.3) is 0 Å². The van der Waals surface area contributed by atoms with Crippen molar-refractivity contribution in [1.29, 1.82) is 0 Å². The summed E-state index contributed by atoms with van der Waals surface area (Å²) in [5, 5.41) is 9.38. The molecular weight excluding hydrogens is 396 g/mol. The van der Waals surface area contributed by atoms with Crippen molar-refractivity contribution in [1.82, 2.24) is 0 Å². The van der Waals surface area contributed by atoms with Crippen LogP contribution in [0.2, 0.25) is 0 Å². The highest BCUT2D eigenvalue weighted by atomic mass is 16.5. The summed E-state index contributed by atoms with van der Waals surface area (Å²) >= 11 is 0. The van der Waals surface area contributed by atoms with Gasteiger partial charge in [-0.05, 0) is 59.6 Å². The topological polar surface area (TPSA) is 46.5 Å². The first-order valence-corrected chi connectivity index (χ1v) is 11.6. The van der Waals surface area contributed by atoms with E-state index >= 15 is 0 Å². The summed E-state index contributed by atoms with van der Waals surface area (Å²) in [7, 11) is 0. The third kappa shape index (κ3) is 4.55. The molecule has 0 heterocycles. The number of hydrogen-bond acceptors (Lipinski definition) is 3. The molecule has 1 N–H and O–H groups in total. The Morgan fingerprint density at radius 2 is 1.88 bits per heavy atom. The Morgan fingerprint density at radius 1 is 1.03 bits per heavy atom. The number of hydrogen-bond donors (Lipinski definition) is 1. The zero-order valence-electron chi connectivity index (χ0n) is 18.4. The van der Waals surface area contributed by atoms with Crippen molar-refractivity contribution in [2.45, 2.75) is 31.8 Å². The molecule has 0 radical (unpaired) electrons. The van der Waals surface area contributed by atoms with Crippen LogP contribution in [0, 0.1) is 17.8 Å². The van der Waals surface area contributed by atoms with Crippen LogP contribution in [0.5, 0.6) is 0 Å². The van der Waals surface area contributed by atoms with Gasteiger partial charge in [-0.1, -0.05) is 66.8 Å². The van der Waals surface area contributed by atoms with Crippen LogP contribution in [-0.4, -0.2) is 30.2 Å². The fourth-order valence-corrected chi connectivity index (χ4v) is 5.02. The number of carbonyl (C=O) groups is 1. The highest BCUT2D eigenvalue weighted by Crippen LogP contribution is 2.35. The van der Waals surface area contributed by atoms with E-state index in [0.717, 1.165) is 42.6 Å². The quantitative estimate of drug-likeness (QED) is 0.575. The summed E-state index contributed by atoms with van der Waals surface area (Å²) in [4.78, 5) is 12.9. The van der Waals surface area contributed by atoms with Gasteiger partial charge in [0.1, 0.15) is 0 Å². The molecule has 32 heavy (non-hydrogen) atoms. The number of ketones is 1. The Bertz CT molecular complexity index is 1060. The second-order valence-corrected chi connectivity index (χ2v) is 9.46. The fraction of sp³-hybridized carbons (Fsp3) is 0.345. The molecule has 5 aliphatic carbocycles. The molecule has 1 fully saturated rings. The Hall–Kier alpha value is -2.75. The second-order valence-electron chi connectivity index (χ2n) is 9.46. The standard InChI is InChI=1S/C29H30O3/c1-19-10-26(16-24-4-2-3-5-28(19)24)29(31)9-7-20-11-23-8-6-21(13-25(23)12-20)17-32-18-22-14-27(30)15-22/h2-6,8,10-13,16,22,25,27-28,30H,1,7,9,14-15,17-18H2. The third-order valence-corrected chi connectivity index (χ3v) is 6.93. The zero-order valence-corrected chi connectivity index (χ0v) is 18.4. The van der Waals surface area contributed by atoms with E-state index in [9.17, 15) is 9.90 Å². The van der Waals surface area contributed by atoms with Gasteiger partial charge >= 0.3 is 0 Å². The minimum absolute atomic E-state index is 0.123. The number of aliphatic hydroxyl groups is 1. The number of allylic oxidation sites excluding steroid dienone is 15. The van der Waals surface area contributed by atoms with Crippen LogP contribution < -0.4 is 0 Å². The van der Waals surface area contributed by atoms with E-state index in [-0.39, 0.29) is 23.7 Å². The maximum Gasteiger partial charge on any atom is 0.163 e. The van der Waals surface area contributed by atoms with Crippen LogP contribution in [0.4, 0.5) is 0 Å². The van der Waals surface area contributed by atoms with Crippen molar-refractivity contribution in [3.8, 4) is 0 Å². The van der Waals surface area contributed by atoms with Crippen molar-refractivity contribution in [3.05, 3.63) is 107 Å². The molecule has 0 spiro atoms. The van der Waals surface area contributed by atoms with Gasteiger partial charge in [-0.25, -0.2) is 0 Å². The van der Waals surface area contributed by atoms with Crippen molar-refractivity contribution in [2.75, 3.05) is 13.2 Å². The normalized spacial score (nSPS) is 29.9. The molecular formula is C29H30O3. The lowest BCUT2D eigenvalue weighted by Crippen LogP contribution is -2.31. The number of Topliss-reactive ketones (excluding diaryl/α,β-unsaturated/α-hetero) is 1. The summed E-state index contributed by atoms with van der Waals surface area (Å²) in [5.74, 6) is 1.17. The smallest absolute Gasteiger partial charge is 0.163 e. The second kappa shape index (κ2) is 9.01. The summed E-state index contributed by atoms with van der Waals surface area (Å²) in [6.45, 7) is 5.50. The van der Waals surface area contributed by atoms with Crippen LogP contribution in [0.25, 0.3) is 0 Å². The summed E-state index contributed by atoms with van der Waals surface area (Å²) in [5.41, 5.74) is 6.61. The van der Waals surface area contributed by atoms with Crippen molar-refractivity contribution in [3.63, 3.8) is 0 Å². The maximum absolute atomic E-state index is 12.9. The van der Waals surface area contributed by atoms with Crippen molar-refractivity contribution in [2.24, 2.45) is 17.8 Å². The molecule has 0 aromatic heterocycles. The van der Waals surface area contributed by atoms with Gasteiger partial charge in [0.05, 0.1) is 19.3 Å². The first-order chi connectivity index (χ1) is 15.5. The van der Waals surface area contributed by atoms with Crippen LogP contribution in [0.1, 0.15) is 25.7 Å². The van der Waals surface area contributed by atoms with Gasteiger partial charge in [0.2, 0.25) is 0 Å². The largest absolute Gasteiger partial charge is 0.393 e. The molecule has 5 rings (SSSR count). The van der Waals surface area contributed by atoms with E-state index in [4.69, 9.17) is 4.74 Å². The number of ether oxygens (including phenoxy) is 1. The third-order valence-electron chi connectivity index (χ3n) is 6.93. The molecule has 164 valence electrons. The van der Waals surface area contributed by atoms with Gasteiger partial charge in [0, 0.05) is 23.8 Å². The highest BCUT2D eigenvalue weighted by Gasteiger charge is 2.27. The molecule has 2 unspecified atom stereocenters. The molecule has 5 aliphatic rings. The predicted molar refractivity (Wildman–Crippen MR) is 128 cm³/mol. The Morgan fingerprint density at radius 3 is 2.72 bits per heavy atom. The first-order valence-electron chi connectivity index (χ1n) is 11.6. The lowest BCUT2D eigenvalue weighted by atomic mass is 9.81. The monoisotopic (exact) mass is 426 g/mol. The Kier molecular flexibility index (Phi) is 5.95. The summed E-state index contributed by atoms with van der Waals surface area (Å²) in [6, 6.07) is 0. The van der Waals surface area contributed by atoms with Crippen molar-refractivity contribution >= 4 is 5.78 Å². The minimum Gasteiger partial charge on any atom is -0.393 e. The van der Waals surface area contributed by atoms with Crippen molar-refractivity contribution < 1.29 is 14.6 Å². The molecule has 3 heteroatoms. The van der Waals surface area contributed by atoms with Gasteiger partial charge in [-0.15, -0.1) is 0 Å².